The minimum absolute atomic E-state index is 0.0590. The second-order valence-electron chi connectivity index (χ2n) is 7.93. The van der Waals surface area contributed by atoms with Crippen LogP contribution in [0.2, 0.25) is 0 Å². The average molecular weight is 433 g/mol. The van der Waals surface area contributed by atoms with Crippen molar-refractivity contribution in [1.82, 2.24) is 10.2 Å². The minimum atomic E-state index is -4.36. The van der Waals surface area contributed by atoms with Crippen molar-refractivity contribution in [3.63, 3.8) is 0 Å². The van der Waals surface area contributed by atoms with E-state index in [1.54, 1.807) is 11.8 Å². The van der Waals surface area contributed by atoms with Gasteiger partial charge in [0.25, 0.3) is 0 Å². The van der Waals surface area contributed by atoms with Gasteiger partial charge in [0, 0.05) is 6.04 Å². The highest BCUT2D eigenvalue weighted by atomic mass is 19.4. The molecule has 2 fully saturated rings. The summed E-state index contributed by atoms with van der Waals surface area (Å²) in [6.45, 7) is 1.89. The largest absolute Gasteiger partial charge is 0.490 e. The van der Waals surface area contributed by atoms with Gasteiger partial charge in [-0.05, 0) is 69.7 Å². The smallest absolute Gasteiger partial charge is 0.416 e. The molecule has 0 bridgehead atoms. The van der Waals surface area contributed by atoms with Crippen LogP contribution in [0.3, 0.4) is 0 Å². The summed E-state index contributed by atoms with van der Waals surface area (Å²) in [7, 11) is 0. The van der Waals surface area contributed by atoms with Crippen LogP contribution in [0.1, 0.15) is 51.0 Å². The van der Waals surface area contributed by atoms with E-state index in [-0.39, 0.29) is 30.6 Å². The Kier molecular flexibility index (Phi) is 7.46. The Hall–Kier alpha value is -2.71. The van der Waals surface area contributed by atoms with Crippen LogP contribution >= 0.6 is 0 Å². The molecule has 1 saturated carbocycles. The van der Waals surface area contributed by atoms with Gasteiger partial charge in [-0.2, -0.15) is 18.4 Å². The fourth-order valence-corrected chi connectivity index (χ4v) is 4.22. The average Bonchev–Trinajstić information content (AvgIpc) is 3.16. The Morgan fingerprint density at radius 3 is 2.35 bits per heavy atom. The summed E-state index contributed by atoms with van der Waals surface area (Å²) in [5, 5.41) is 12.6. The molecule has 31 heavy (non-hydrogen) atoms. The summed E-state index contributed by atoms with van der Waals surface area (Å²) in [6.07, 6.45) is 0.0619. The molecular formula is C23H26F3N3O2. The Labute approximate surface area is 180 Å². The number of ether oxygens (including phenoxy) is 1. The molecule has 1 N–H and O–H groups in total. The number of nitrogens with one attached hydrogen (secondary N) is 1. The molecule has 166 valence electrons. The molecule has 0 aromatic heterocycles. The van der Waals surface area contributed by atoms with Crippen LogP contribution in [0.4, 0.5) is 13.2 Å². The van der Waals surface area contributed by atoms with Gasteiger partial charge >= 0.3 is 6.18 Å². The molecule has 0 radical (unpaired) electrons. The van der Waals surface area contributed by atoms with Crippen molar-refractivity contribution in [2.24, 2.45) is 0 Å². The van der Waals surface area contributed by atoms with Crippen molar-refractivity contribution < 1.29 is 22.7 Å². The monoisotopic (exact) mass is 433 g/mol. The fraction of sp³-hybridized carbons (Fsp3) is 0.565. The van der Waals surface area contributed by atoms with Crippen LogP contribution in [-0.4, -0.2) is 41.6 Å². The van der Waals surface area contributed by atoms with Gasteiger partial charge in [0.2, 0.25) is 5.91 Å². The highest BCUT2D eigenvalue weighted by Crippen LogP contribution is 2.31. The second kappa shape index (κ2) is 10.1. The number of hydrogen-bond donors (Lipinski definition) is 1. The van der Waals surface area contributed by atoms with E-state index in [0.717, 1.165) is 44.2 Å². The first-order chi connectivity index (χ1) is 14.8. The van der Waals surface area contributed by atoms with Gasteiger partial charge in [0.1, 0.15) is 11.8 Å². The van der Waals surface area contributed by atoms with Gasteiger partial charge in [-0.3, -0.25) is 4.79 Å². The Balaban J connectivity index is 1.44. The molecule has 1 amide bonds. The first kappa shape index (κ1) is 23.0. The Morgan fingerprint density at radius 2 is 1.77 bits per heavy atom. The summed E-state index contributed by atoms with van der Waals surface area (Å²) < 4.78 is 43.8. The van der Waals surface area contributed by atoms with Gasteiger partial charge in [0.15, 0.2) is 0 Å². The lowest BCUT2D eigenvalue weighted by Gasteiger charge is -2.31. The summed E-state index contributed by atoms with van der Waals surface area (Å²) in [4.78, 5) is 14.3. The summed E-state index contributed by atoms with van der Waals surface area (Å²) in [5.74, 6) is 6.17. The molecule has 1 aromatic rings. The van der Waals surface area contributed by atoms with E-state index in [2.05, 4.69) is 23.2 Å². The zero-order valence-corrected chi connectivity index (χ0v) is 17.4. The van der Waals surface area contributed by atoms with Crippen LogP contribution in [0.25, 0.3) is 0 Å². The van der Waals surface area contributed by atoms with E-state index in [4.69, 9.17) is 4.74 Å². The molecule has 1 saturated heterocycles. The van der Waals surface area contributed by atoms with Crippen LogP contribution in [-0.2, 0) is 11.0 Å². The van der Waals surface area contributed by atoms with E-state index in [9.17, 15) is 23.2 Å². The maximum Gasteiger partial charge on any atom is 0.416 e. The molecule has 2 atom stereocenters. The third-order valence-corrected chi connectivity index (χ3v) is 5.83. The van der Waals surface area contributed by atoms with Crippen molar-refractivity contribution in [2.45, 2.75) is 75.9 Å². The maximum atomic E-state index is 12.7. The van der Waals surface area contributed by atoms with E-state index in [1.165, 1.54) is 12.1 Å². The zero-order chi connectivity index (χ0) is 22.4. The molecule has 1 aliphatic heterocycles. The van der Waals surface area contributed by atoms with E-state index < -0.39 is 17.8 Å². The molecule has 1 aromatic carbocycles. The number of rotatable bonds is 5. The molecular weight excluding hydrogens is 407 g/mol. The highest BCUT2D eigenvalue weighted by molar-refractivity contribution is 5.80. The lowest BCUT2D eigenvalue weighted by Crippen LogP contribution is -2.47. The lowest BCUT2D eigenvalue weighted by atomic mass is 9.93. The zero-order valence-electron chi connectivity index (χ0n) is 17.4. The lowest BCUT2D eigenvalue weighted by molar-refractivity contribution is -0.137. The molecule has 1 unspecified atom stereocenters. The van der Waals surface area contributed by atoms with Crippen molar-refractivity contribution >= 4 is 5.91 Å². The number of benzene rings is 1. The van der Waals surface area contributed by atoms with Gasteiger partial charge in [-0.25, -0.2) is 0 Å². The van der Waals surface area contributed by atoms with Crippen molar-refractivity contribution in [2.75, 3.05) is 6.54 Å². The van der Waals surface area contributed by atoms with Gasteiger partial charge < -0.3 is 15.0 Å². The van der Waals surface area contributed by atoms with E-state index >= 15 is 0 Å². The number of amides is 1. The number of carbonyl (C=O) groups excluding carboxylic acids is 1. The fourth-order valence-electron chi connectivity index (χ4n) is 4.22. The summed E-state index contributed by atoms with van der Waals surface area (Å²) in [6, 6.07) is 6.48. The normalized spacial score (nSPS) is 26.0. The molecule has 0 spiro atoms. The molecule has 1 aliphatic carbocycles. The second-order valence-corrected chi connectivity index (χ2v) is 7.93. The number of alkyl halides is 3. The van der Waals surface area contributed by atoms with Crippen LogP contribution in [0.15, 0.2) is 24.3 Å². The quantitative estimate of drug-likeness (QED) is 0.716. The number of likely N-dealkylation sites (tertiary alicyclic amines) is 1. The number of halogens is 3. The van der Waals surface area contributed by atoms with Crippen molar-refractivity contribution in [3.05, 3.63) is 29.8 Å². The van der Waals surface area contributed by atoms with Crippen molar-refractivity contribution in [1.29, 1.82) is 5.26 Å². The summed E-state index contributed by atoms with van der Waals surface area (Å²) >= 11 is 0. The van der Waals surface area contributed by atoms with Crippen molar-refractivity contribution in [3.8, 4) is 23.7 Å². The number of nitrogens with zero attached hydrogens (tertiary/aromatic N) is 2. The first-order valence-electron chi connectivity index (χ1n) is 10.5. The third-order valence-electron chi connectivity index (χ3n) is 5.83. The molecule has 2 aliphatic rings. The molecule has 1 heterocycles. The minimum Gasteiger partial charge on any atom is -0.490 e. The Morgan fingerprint density at radius 1 is 1.13 bits per heavy atom. The van der Waals surface area contributed by atoms with E-state index in [0.29, 0.717) is 12.2 Å². The highest BCUT2D eigenvalue weighted by Gasteiger charge is 2.36. The van der Waals surface area contributed by atoms with Gasteiger partial charge in [-0.1, -0.05) is 5.92 Å². The standard InChI is InChI=1S/C23H26F3N3O2/c1-2-3-18-8-9-19(14-27)29(18)22(30)15-28-17-6-12-21(13-7-17)31-20-10-4-16(5-11-20)23(24,25)26/h4-5,10-11,17-19,21,28H,6-9,12-13,15H2,1H3/t17?,18?,19-,21?/m0/s1. The Bertz CT molecular complexity index is 859. The van der Waals surface area contributed by atoms with Crippen LogP contribution in [0.5, 0.6) is 5.75 Å². The predicted octanol–water partition coefficient (Wildman–Crippen LogP) is 3.89. The SMILES string of the molecule is CC#CC1CC[C@@H](C#N)N1C(=O)CNC1CCC(Oc2ccc(C(F)(F)F)cc2)CC1. The first-order valence-corrected chi connectivity index (χ1v) is 10.5. The third kappa shape index (κ3) is 5.92. The molecule has 8 heteroatoms. The van der Waals surface area contributed by atoms with Crippen LogP contribution in [0, 0.1) is 23.2 Å². The number of hydrogen-bond acceptors (Lipinski definition) is 4. The number of carbonyl (C=O) groups is 1. The summed E-state index contributed by atoms with van der Waals surface area (Å²) in [5.41, 5.74) is -0.693. The predicted molar refractivity (Wildman–Crippen MR) is 109 cm³/mol. The van der Waals surface area contributed by atoms with E-state index in [1.807, 2.05) is 0 Å². The van der Waals surface area contributed by atoms with Gasteiger partial charge in [0.05, 0.1) is 30.3 Å². The number of nitriles is 1. The van der Waals surface area contributed by atoms with Crippen LogP contribution < -0.4 is 10.1 Å². The topological polar surface area (TPSA) is 65.4 Å². The maximum absolute atomic E-state index is 12.7. The molecule has 3 rings (SSSR count). The van der Waals surface area contributed by atoms with Gasteiger partial charge in [-0.15, -0.1) is 5.92 Å². The molecule has 5 nitrogen and oxygen atoms in total.